The topological polar surface area (TPSA) is 29.5 Å². The minimum Gasteiger partial charge on any atom is -0.490 e. The van der Waals surface area contributed by atoms with Crippen LogP contribution < -0.4 is 4.74 Å². The van der Waals surface area contributed by atoms with E-state index in [2.05, 4.69) is 0 Å². The van der Waals surface area contributed by atoms with Crippen molar-refractivity contribution < 1.29 is 14.2 Å². The molecule has 0 saturated carbocycles. The highest BCUT2D eigenvalue weighted by atomic mass is 19.1. The summed E-state index contributed by atoms with van der Waals surface area (Å²) in [5.74, 6) is -0.139. The molecule has 0 heterocycles. The van der Waals surface area contributed by atoms with E-state index in [1.54, 1.807) is 32.0 Å². The van der Waals surface area contributed by atoms with Gasteiger partial charge in [-0.2, -0.15) is 0 Å². The Morgan fingerprint density at radius 2 is 2.00 bits per heavy atom. The summed E-state index contributed by atoms with van der Waals surface area (Å²) in [5.41, 5.74) is -0.773. The van der Waals surface area contributed by atoms with E-state index < -0.39 is 5.60 Å². The summed E-state index contributed by atoms with van der Waals surface area (Å²) >= 11 is 0. The number of para-hydroxylation sites is 1. The molecule has 0 radical (unpaired) electrons. The fourth-order valence-corrected chi connectivity index (χ4v) is 0.973. The van der Waals surface area contributed by atoms with Gasteiger partial charge in [-0.25, -0.2) is 4.39 Å². The zero-order valence-corrected chi connectivity index (χ0v) is 8.46. The molecule has 0 saturated heterocycles. The van der Waals surface area contributed by atoms with Gasteiger partial charge in [-0.3, -0.25) is 0 Å². The maximum atomic E-state index is 13.0. The third kappa shape index (κ3) is 3.75. The summed E-state index contributed by atoms with van der Waals surface area (Å²) < 4.78 is 18.2. The van der Waals surface area contributed by atoms with E-state index in [1.807, 2.05) is 0 Å². The fraction of sp³-hybridized carbons (Fsp3) is 0.455. The molecule has 0 aliphatic rings. The first kappa shape index (κ1) is 11.0. The first-order valence-corrected chi connectivity index (χ1v) is 4.59. The molecule has 0 amide bonds. The molecular weight excluding hydrogens is 183 g/mol. The summed E-state index contributed by atoms with van der Waals surface area (Å²) in [7, 11) is 0. The fourth-order valence-electron chi connectivity index (χ4n) is 0.973. The van der Waals surface area contributed by atoms with Crippen molar-refractivity contribution in [2.24, 2.45) is 0 Å². The van der Waals surface area contributed by atoms with E-state index >= 15 is 0 Å². The number of halogens is 1. The van der Waals surface area contributed by atoms with Gasteiger partial charge in [-0.05, 0) is 26.0 Å². The predicted molar refractivity (Wildman–Crippen MR) is 52.8 cm³/mol. The van der Waals surface area contributed by atoms with E-state index in [0.29, 0.717) is 13.0 Å². The van der Waals surface area contributed by atoms with E-state index in [9.17, 15) is 9.50 Å². The molecule has 1 aromatic carbocycles. The van der Waals surface area contributed by atoms with E-state index in [1.165, 1.54) is 6.07 Å². The third-order valence-electron chi connectivity index (χ3n) is 1.81. The van der Waals surface area contributed by atoms with Gasteiger partial charge in [0.2, 0.25) is 0 Å². The Bertz CT molecular complexity index is 292. The molecule has 3 heteroatoms. The largest absolute Gasteiger partial charge is 0.490 e. The molecule has 1 rings (SSSR count). The van der Waals surface area contributed by atoms with Crippen molar-refractivity contribution in [1.82, 2.24) is 0 Å². The van der Waals surface area contributed by atoms with Crippen molar-refractivity contribution in [3.05, 3.63) is 30.1 Å². The van der Waals surface area contributed by atoms with Gasteiger partial charge in [-0.15, -0.1) is 0 Å². The average Bonchev–Trinajstić information content (AvgIpc) is 2.06. The Morgan fingerprint density at radius 1 is 1.36 bits per heavy atom. The van der Waals surface area contributed by atoms with Gasteiger partial charge in [0.05, 0.1) is 12.2 Å². The highest BCUT2D eigenvalue weighted by molar-refractivity contribution is 5.23. The molecular formula is C11H15FO2. The number of rotatable bonds is 4. The van der Waals surface area contributed by atoms with Gasteiger partial charge in [0.1, 0.15) is 0 Å². The quantitative estimate of drug-likeness (QED) is 0.804. The van der Waals surface area contributed by atoms with Crippen molar-refractivity contribution in [2.75, 3.05) is 6.61 Å². The summed E-state index contributed by atoms with van der Waals surface area (Å²) in [4.78, 5) is 0. The highest BCUT2D eigenvalue weighted by Crippen LogP contribution is 2.16. The molecule has 0 fully saturated rings. The number of aliphatic hydroxyl groups is 1. The second-order valence-electron chi connectivity index (χ2n) is 3.84. The Kier molecular flexibility index (Phi) is 3.47. The van der Waals surface area contributed by atoms with Crippen molar-refractivity contribution in [3.63, 3.8) is 0 Å². The standard InChI is InChI=1S/C11H15FO2/c1-11(2,13)7-8-14-10-6-4-3-5-9(10)12/h3-6,13H,7-8H2,1-2H3. The second-order valence-corrected chi connectivity index (χ2v) is 3.84. The van der Waals surface area contributed by atoms with E-state index in [0.717, 1.165) is 0 Å². The number of benzene rings is 1. The first-order valence-electron chi connectivity index (χ1n) is 4.59. The molecule has 0 spiro atoms. The molecule has 2 nitrogen and oxygen atoms in total. The summed E-state index contributed by atoms with van der Waals surface area (Å²) in [6.45, 7) is 3.69. The van der Waals surface area contributed by atoms with Gasteiger partial charge in [0.25, 0.3) is 0 Å². The van der Waals surface area contributed by atoms with Crippen molar-refractivity contribution in [1.29, 1.82) is 0 Å². The Hall–Kier alpha value is -1.09. The van der Waals surface area contributed by atoms with Crippen LogP contribution in [0.15, 0.2) is 24.3 Å². The van der Waals surface area contributed by atoms with Gasteiger partial charge >= 0.3 is 0 Å². The van der Waals surface area contributed by atoms with Crippen molar-refractivity contribution in [3.8, 4) is 5.75 Å². The van der Waals surface area contributed by atoms with Gasteiger partial charge in [0.15, 0.2) is 11.6 Å². The van der Waals surface area contributed by atoms with Crippen LogP contribution in [-0.4, -0.2) is 17.3 Å². The molecule has 0 aliphatic heterocycles. The minimum absolute atomic E-state index is 0.233. The lowest BCUT2D eigenvalue weighted by Gasteiger charge is -2.17. The van der Waals surface area contributed by atoms with Gasteiger partial charge in [-0.1, -0.05) is 12.1 Å². The van der Waals surface area contributed by atoms with Crippen LogP contribution in [0.5, 0.6) is 5.75 Å². The SMILES string of the molecule is CC(C)(O)CCOc1ccccc1F. The maximum absolute atomic E-state index is 13.0. The highest BCUT2D eigenvalue weighted by Gasteiger charge is 2.12. The lowest BCUT2D eigenvalue weighted by molar-refractivity contribution is 0.0547. The molecule has 0 bridgehead atoms. The smallest absolute Gasteiger partial charge is 0.165 e. The van der Waals surface area contributed by atoms with Gasteiger partial charge in [0, 0.05) is 6.42 Å². The lowest BCUT2D eigenvalue weighted by atomic mass is 10.1. The molecule has 0 aromatic heterocycles. The third-order valence-corrected chi connectivity index (χ3v) is 1.81. The van der Waals surface area contributed by atoms with Crippen molar-refractivity contribution in [2.45, 2.75) is 25.9 Å². The Balaban J connectivity index is 2.43. The minimum atomic E-state index is -0.773. The first-order chi connectivity index (χ1) is 6.49. The van der Waals surface area contributed by atoms with E-state index in [-0.39, 0.29) is 11.6 Å². The molecule has 78 valence electrons. The Morgan fingerprint density at radius 3 is 2.57 bits per heavy atom. The number of ether oxygens (including phenoxy) is 1. The van der Waals surface area contributed by atoms with Crippen LogP contribution in [0.3, 0.4) is 0 Å². The molecule has 1 N–H and O–H groups in total. The summed E-state index contributed by atoms with van der Waals surface area (Å²) in [6.07, 6.45) is 0.474. The van der Waals surface area contributed by atoms with Crippen LogP contribution in [0.25, 0.3) is 0 Å². The molecule has 0 unspecified atom stereocenters. The number of hydrogen-bond acceptors (Lipinski definition) is 2. The summed E-state index contributed by atoms with van der Waals surface area (Å²) in [5, 5.41) is 9.39. The van der Waals surface area contributed by atoms with Crippen LogP contribution in [0.4, 0.5) is 4.39 Å². The average molecular weight is 198 g/mol. The molecule has 0 atom stereocenters. The van der Waals surface area contributed by atoms with Crippen LogP contribution in [0.1, 0.15) is 20.3 Å². The van der Waals surface area contributed by atoms with E-state index in [4.69, 9.17) is 4.74 Å². The zero-order chi connectivity index (χ0) is 10.6. The molecule has 1 aromatic rings. The van der Waals surface area contributed by atoms with Crippen molar-refractivity contribution >= 4 is 0 Å². The summed E-state index contributed by atoms with van der Waals surface area (Å²) in [6, 6.07) is 6.24. The number of hydrogen-bond donors (Lipinski definition) is 1. The predicted octanol–water partition coefficient (Wildman–Crippen LogP) is 2.37. The van der Waals surface area contributed by atoms with Crippen LogP contribution in [0.2, 0.25) is 0 Å². The van der Waals surface area contributed by atoms with Gasteiger partial charge < -0.3 is 9.84 Å². The molecule has 14 heavy (non-hydrogen) atoms. The van der Waals surface area contributed by atoms with Crippen LogP contribution >= 0.6 is 0 Å². The normalized spacial score (nSPS) is 11.4. The Labute approximate surface area is 83.3 Å². The van der Waals surface area contributed by atoms with Crippen LogP contribution in [0, 0.1) is 5.82 Å². The monoisotopic (exact) mass is 198 g/mol. The zero-order valence-electron chi connectivity index (χ0n) is 8.46. The van der Waals surface area contributed by atoms with Crippen LogP contribution in [-0.2, 0) is 0 Å². The maximum Gasteiger partial charge on any atom is 0.165 e. The lowest BCUT2D eigenvalue weighted by Crippen LogP contribution is -2.21. The molecule has 0 aliphatic carbocycles. The second kappa shape index (κ2) is 4.42.